The highest BCUT2D eigenvalue weighted by molar-refractivity contribution is 7.92. The number of halogens is 5. The Balaban J connectivity index is 2.16. The standard InChI is InChI=1S/C13H9F5N2O3S/c14-9-2-1-3-10(15)12(9)24(21,22)20-8-4-5-11(19-6-8)23-7-13(16,17)18/h1-6,20H,7H2. The number of ether oxygens (including phenoxy) is 1. The predicted octanol–water partition coefficient (Wildman–Crippen LogP) is 3.10. The van der Waals surface area contributed by atoms with Gasteiger partial charge in [0.05, 0.1) is 11.9 Å². The molecule has 0 atom stereocenters. The van der Waals surface area contributed by atoms with E-state index in [1.165, 1.54) is 0 Å². The summed E-state index contributed by atoms with van der Waals surface area (Å²) in [5, 5.41) is 0. The molecule has 0 fully saturated rings. The highest BCUT2D eigenvalue weighted by atomic mass is 32.2. The Labute approximate surface area is 133 Å². The molecule has 2 rings (SSSR count). The summed E-state index contributed by atoms with van der Waals surface area (Å²) in [5.74, 6) is -2.98. The highest BCUT2D eigenvalue weighted by Gasteiger charge is 2.28. The van der Waals surface area contributed by atoms with Crippen molar-refractivity contribution in [3.8, 4) is 5.88 Å². The number of nitrogens with zero attached hydrogens (tertiary/aromatic N) is 1. The van der Waals surface area contributed by atoms with Crippen LogP contribution in [0.5, 0.6) is 5.88 Å². The number of anilines is 1. The van der Waals surface area contributed by atoms with Crippen molar-refractivity contribution in [1.82, 2.24) is 4.98 Å². The van der Waals surface area contributed by atoms with Crippen LogP contribution in [-0.4, -0.2) is 26.2 Å². The maximum Gasteiger partial charge on any atom is 0.422 e. The number of nitrogens with one attached hydrogen (secondary N) is 1. The van der Waals surface area contributed by atoms with Crippen molar-refractivity contribution in [2.24, 2.45) is 0 Å². The second-order valence-electron chi connectivity index (χ2n) is 4.45. The van der Waals surface area contributed by atoms with Crippen LogP contribution >= 0.6 is 0 Å². The molecule has 0 saturated carbocycles. The topological polar surface area (TPSA) is 68.3 Å². The first-order valence-corrected chi connectivity index (χ1v) is 7.69. The lowest BCUT2D eigenvalue weighted by molar-refractivity contribution is -0.154. The highest BCUT2D eigenvalue weighted by Crippen LogP contribution is 2.23. The molecule has 0 amide bonds. The van der Waals surface area contributed by atoms with Gasteiger partial charge in [0.15, 0.2) is 11.5 Å². The molecule has 0 aliphatic carbocycles. The molecule has 0 saturated heterocycles. The summed E-state index contributed by atoms with van der Waals surface area (Å²) < 4.78 is 93.2. The first-order valence-electron chi connectivity index (χ1n) is 6.21. The van der Waals surface area contributed by atoms with Crippen molar-refractivity contribution < 1.29 is 35.1 Å². The van der Waals surface area contributed by atoms with Crippen LogP contribution in [0.3, 0.4) is 0 Å². The molecule has 0 bridgehead atoms. The van der Waals surface area contributed by atoms with Gasteiger partial charge in [-0.2, -0.15) is 13.2 Å². The molecule has 1 heterocycles. The van der Waals surface area contributed by atoms with E-state index in [2.05, 4.69) is 9.72 Å². The quantitative estimate of drug-likeness (QED) is 0.824. The summed E-state index contributed by atoms with van der Waals surface area (Å²) in [6, 6.07) is 4.54. The maximum atomic E-state index is 13.5. The number of alkyl halides is 3. The maximum absolute atomic E-state index is 13.5. The lowest BCUT2D eigenvalue weighted by Crippen LogP contribution is -2.19. The Kier molecular flexibility index (Phi) is 4.92. The molecule has 130 valence electrons. The largest absolute Gasteiger partial charge is 0.468 e. The van der Waals surface area contributed by atoms with Crippen LogP contribution in [-0.2, 0) is 10.0 Å². The third-order valence-electron chi connectivity index (χ3n) is 2.56. The first-order chi connectivity index (χ1) is 11.1. The van der Waals surface area contributed by atoms with Crippen LogP contribution in [0.2, 0.25) is 0 Å². The third-order valence-corrected chi connectivity index (χ3v) is 3.99. The number of hydrogen-bond acceptors (Lipinski definition) is 4. The molecule has 1 aromatic carbocycles. The number of benzene rings is 1. The molecule has 1 N–H and O–H groups in total. The Hall–Kier alpha value is -2.43. The number of sulfonamides is 1. The van der Waals surface area contributed by atoms with Crippen LogP contribution in [0, 0.1) is 11.6 Å². The smallest absolute Gasteiger partial charge is 0.422 e. The van der Waals surface area contributed by atoms with Crippen molar-refractivity contribution in [2.45, 2.75) is 11.1 Å². The zero-order chi connectivity index (χ0) is 18.0. The van der Waals surface area contributed by atoms with Gasteiger partial charge in [-0.05, 0) is 18.2 Å². The van der Waals surface area contributed by atoms with Gasteiger partial charge in [-0.3, -0.25) is 4.72 Å². The van der Waals surface area contributed by atoms with Gasteiger partial charge in [-0.25, -0.2) is 22.2 Å². The molecule has 5 nitrogen and oxygen atoms in total. The molecular formula is C13H9F5N2O3S. The first kappa shape index (κ1) is 17.9. The third kappa shape index (κ3) is 4.54. The summed E-state index contributed by atoms with van der Waals surface area (Å²) in [5.41, 5.74) is -0.211. The van der Waals surface area contributed by atoms with E-state index in [0.29, 0.717) is 0 Å². The molecule has 11 heteroatoms. The molecule has 24 heavy (non-hydrogen) atoms. The van der Waals surface area contributed by atoms with Gasteiger partial charge in [0.2, 0.25) is 5.88 Å². The van der Waals surface area contributed by atoms with E-state index >= 15 is 0 Å². The normalized spacial score (nSPS) is 12.0. The van der Waals surface area contributed by atoms with Gasteiger partial charge in [0, 0.05) is 6.07 Å². The fourth-order valence-electron chi connectivity index (χ4n) is 1.63. The minimum atomic E-state index is -4.58. The number of aromatic nitrogens is 1. The van der Waals surface area contributed by atoms with E-state index < -0.39 is 45.2 Å². The van der Waals surface area contributed by atoms with Gasteiger partial charge in [-0.15, -0.1) is 0 Å². The number of pyridine rings is 1. The van der Waals surface area contributed by atoms with Gasteiger partial charge in [0.25, 0.3) is 10.0 Å². The lowest BCUT2D eigenvalue weighted by Gasteiger charge is -2.11. The van der Waals surface area contributed by atoms with Crippen molar-refractivity contribution in [2.75, 3.05) is 11.3 Å². The van der Waals surface area contributed by atoms with Gasteiger partial charge in [0.1, 0.15) is 11.6 Å². The average molecular weight is 368 g/mol. The lowest BCUT2D eigenvalue weighted by atomic mass is 10.3. The summed E-state index contributed by atoms with van der Waals surface area (Å²) >= 11 is 0. The van der Waals surface area contributed by atoms with Crippen LogP contribution < -0.4 is 9.46 Å². The number of rotatable bonds is 5. The summed E-state index contributed by atoms with van der Waals surface area (Å²) in [4.78, 5) is 2.29. The molecule has 0 aliphatic rings. The molecule has 1 aromatic heterocycles. The van der Waals surface area contributed by atoms with Crippen LogP contribution in [0.15, 0.2) is 41.4 Å². The van der Waals surface area contributed by atoms with E-state index in [0.717, 1.165) is 36.5 Å². The molecule has 0 radical (unpaired) electrons. The zero-order valence-electron chi connectivity index (χ0n) is 11.6. The summed E-state index contributed by atoms with van der Waals surface area (Å²) in [7, 11) is -4.58. The van der Waals surface area contributed by atoms with Gasteiger partial charge >= 0.3 is 6.18 Å². The van der Waals surface area contributed by atoms with Crippen molar-refractivity contribution >= 4 is 15.7 Å². The predicted molar refractivity (Wildman–Crippen MR) is 73.0 cm³/mol. The zero-order valence-corrected chi connectivity index (χ0v) is 12.5. The second kappa shape index (κ2) is 6.59. The Morgan fingerprint density at radius 3 is 2.21 bits per heavy atom. The Morgan fingerprint density at radius 2 is 1.71 bits per heavy atom. The Morgan fingerprint density at radius 1 is 1.08 bits per heavy atom. The fraction of sp³-hybridized carbons (Fsp3) is 0.154. The van der Waals surface area contributed by atoms with Crippen LogP contribution in [0.25, 0.3) is 0 Å². The van der Waals surface area contributed by atoms with Crippen molar-refractivity contribution in [3.63, 3.8) is 0 Å². The van der Waals surface area contributed by atoms with E-state index in [1.54, 1.807) is 0 Å². The minimum absolute atomic E-state index is 0.211. The fourth-order valence-corrected chi connectivity index (χ4v) is 2.81. The van der Waals surface area contributed by atoms with Crippen molar-refractivity contribution in [3.05, 3.63) is 48.2 Å². The van der Waals surface area contributed by atoms with E-state index in [-0.39, 0.29) is 5.69 Å². The molecule has 0 aliphatic heterocycles. The SMILES string of the molecule is O=S(=O)(Nc1ccc(OCC(F)(F)F)nc1)c1c(F)cccc1F. The van der Waals surface area contributed by atoms with Gasteiger partial charge < -0.3 is 4.74 Å². The minimum Gasteiger partial charge on any atom is -0.468 e. The van der Waals surface area contributed by atoms with Crippen LogP contribution in [0.4, 0.5) is 27.6 Å². The Bertz CT molecular complexity index is 802. The van der Waals surface area contributed by atoms with E-state index in [4.69, 9.17) is 0 Å². The monoisotopic (exact) mass is 368 g/mol. The van der Waals surface area contributed by atoms with E-state index in [1.807, 2.05) is 4.72 Å². The molecule has 0 spiro atoms. The summed E-state index contributed by atoms with van der Waals surface area (Å²) in [6.07, 6.45) is -3.70. The summed E-state index contributed by atoms with van der Waals surface area (Å²) in [6.45, 7) is -1.56. The number of hydrogen-bond donors (Lipinski definition) is 1. The van der Waals surface area contributed by atoms with Gasteiger partial charge in [-0.1, -0.05) is 6.07 Å². The molecule has 2 aromatic rings. The average Bonchev–Trinajstić information content (AvgIpc) is 2.45. The molecule has 0 unspecified atom stereocenters. The van der Waals surface area contributed by atoms with E-state index in [9.17, 15) is 30.4 Å². The van der Waals surface area contributed by atoms with Crippen LogP contribution in [0.1, 0.15) is 0 Å². The second-order valence-corrected chi connectivity index (χ2v) is 6.06. The van der Waals surface area contributed by atoms with Crippen molar-refractivity contribution in [1.29, 1.82) is 0 Å². The molecular weight excluding hydrogens is 359 g/mol.